The molecular weight excluding hydrogens is 432 g/mol. The Morgan fingerprint density at radius 2 is 1.94 bits per heavy atom. The summed E-state index contributed by atoms with van der Waals surface area (Å²) >= 11 is 0. The zero-order chi connectivity index (χ0) is 23.1. The van der Waals surface area contributed by atoms with Gasteiger partial charge in [-0.15, -0.1) is 0 Å². The van der Waals surface area contributed by atoms with Crippen molar-refractivity contribution in [3.05, 3.63) is 74.1 Å². The number of aromatic nitrogens is 6. The van der Waals surface area contributed by atoms with E-state index in [1.165, 1.54) is 31.0 Å². The summed E-state index contributed by atoms with van der Waals surface area (Å²) < 4.78 is 12.3. The number of hydrogen-bond acceptors (Lipinski definition) is 10. The first kappa shape index (κ1) is 20.1. The third-order valence-electron chi connectivity index (χ3n) is 5.32. The second kappa shape index (κ2) is 7.71. The monoisotopic (exact) mass is 448 g/mol. The number of ether oxygens (including phenoxy) is 2. The van der Waals surface area contributed by atoms with E-state index in [-0.39, 0.29) is 17.3 Å². The van der Waals surface area contributed by atoms with Crippen LogP contribution in [0.5, 0.6) is 11.5 Å². The first-order valence-corrected chi connectivity index (χ1v) is 9.66. The van der Waals surface area contributed by atoms with Gasteiger partial charge >= 0.3 is 0 Å². The number of fused-ring (bicyclic) bond motifs is 2. The van der Waals surface area contributed by atoms with Gasteiger partial charge in [-0.05, 0) is 28.1 Å². The molecule has 0 saturated heterocycles. The van der Waals surface area contributed by atoms with Crippen molar-refractivity contribution in [1.29, 1.82) is 0 Å². The van der Waals surface area contributed by atoms with Gasteiger partial charge in [0, 0.05) is 23.3 Å². The SMILES string of the molecule is COc1ccc(C2c3c(-c4cccc([N+](=O)[O-])c4)n[nH]c(=O)c3Nc3nnnn32)cc1OC. The van der Waals surface area contributed by atoms with Gasteiger partial charge in [0.2, 0.25) is 5.95 Å². The van der Waals surface area contributed by atoms with Crippen LogP contribution in [0, 0.1) is 10.1 Å². The van der Waals surface area contributed by atoms with Gasteiger partial charge < -0.3 is 14.8 Å². The smallest absolute Gasteiger partial charge is 0.288 e. The number of methoxy groups -OCH3 is 2. The number of non-ortho nitro benzene ring substituents is 1. The lowest BCUT2D eigenvalue weighted by molar-refractivity contribution is -0.384. The predicted octanol–water partition coefficient (Wildman–Crippen LogP) is 2.04. The number of H-pyrrole nitrogens is 1. The fourth-order valence-corrected chi connectivity index (χ4v) is 3.86. The van der Waals surface area contributed by atoms with E-state index in [2.05, 4.69) is 31.0 Å². The molecule has 5 rings (SSSR count). The average molecular weight is 448 g/mol. The van der Waals surface area contributed by atoms with Crippen molar-refractivity contribution in [2.45, 2.75) is 6.04 Å². The summed E-state index contributed by atoms with van der Waals surface area (Å²) in [7, 11) is 3.04. The molecule has 1 unspecified atom stereocenters. The Bertz CT molecular complexity index is 1450. The summed E-state index contributed by atoms with van der Waals surface area (Å²) in [4.78, 5) is 23.6. The van der Waals surface area contributed by atoms with Crippen LogP contribution >= 0.6 is 0 Å². The van der Waals surface area contributed by atoms with E-state index in [0.717, 1.165) is 0 Å². The molecule has 166 valence electrons. The van der Waals surface area contributed by atoms with Crippen molar-refractivity contribution < 1.29 is 14.4 Å². The maximum Gasteiger partial charge on any atom is 0.288 e. The van der Waals surface area contributed by atoms with Gasteiger partial charge in [0.15, 0.2) is 11.5 Å². The lowest BCUT2D eigenvalue weighted by Crippen LogP contribution is -2.29. The molecule has 3 heterocycles. The fraction of sp³-hybridized carbons (Fsp3) is 0.150. The Morgan fingerprint density at radius 3 is 2.70 bits per heavy atom. The normalized spacial score (nSPS) is 14.1. The number of anilines is 2. The van der Waals surface area contributed by atoms with Gasteiger partial charge in [-0.2, -0.15) is 9.78 Å². The van der Waals surface area contributed by atoms with Crippen LogP contribution in [0.2, 0.25) is 0 Å². The third kappa shape index (κ3) is 3.22. The number of nitrogens with one attached hydrogen (secondary N) is 2. The standard InChI is InChI=1S/C20H16N8O5/c1-32-13-7-6-11(9-14(13)33-2)18-15-16(10-4-3-5-12(8-10)28(30)31)22-23-19(29)17(15)21-20-24-25-26-27(18)20/h3-9,18H,1-2H3,(H,23,29)(H,21,24,26). The van der Waals surface area contributed by atoms with Crippen molar-refractivity contribution in [2.75, 3.05) is 19.5 Å². The van der Waals surface area contributed by atoms with E-state index >= 15 is 0 Å². The van der Waals surface area contributed by atoms with Crippen molar-refractivity contribution >= 4 is 17.3 Å². The van der Waals surface area contributed by atoms with E-state index in [4.69, 9.17) is 9.47 Å². The van der Waals surface area contributed by atoms with E-state index in [1.807, 2.05) is 0 Å². The van der Waals surface area contributed by atoms with E-state index in [1.54, 1.807) is 30.3 Å². The van der Waals surface area contributed by atoms with Crippen LogP contribution in [-0.2, 0) is 0 Å². The summed E-state index contributed by atoms with van der Waals surface area (Å²) in [6.45, 7) is 0. The molecule has 0 radical (unpaired) electrons. The number of nitrogens with zero attached hydrogens (tertiary/aromatic N) is 6. The number of nitro groups is 1. The van der Waals surface area contributed by atoms with Crippen LogP contribution < -0.4 is 20.3 Å². The van der Waals surface area contributed by atoms with Crippen LogP contribution in [0.25, 0.3) is 11.3 Å². The van der Waals surface area contributed by atoms with Gasteiger partial charge in [-0.1, -0.05) is 23.3 Å². The molecule has 13 nitrogen and oxygen atoms in total. The minimum Gasteiger partial charge on any atom is -0.493 e. The molecule has 2 aromatic heterocycles. The van der Waals surface area contributed by atoms with Crippen LogP contribution in [-0.4, -0.2) is 49.5 Å². The molecular formula is C20H16N8O5. The fourth-order valence-electron chi connectivity index (χ4n) is 3.86. The van der Waals surface area contributed by atoms with Crippen LogP contribution in [0.3, 0.4) is 0 Å². The zero-order valence-corrected chi connectivity index (χ0v) is 17.3. The first-order chi connectivity index (χ1) is 16.0. The van der Waals surface area contributed by atoms with Gasteiger partial charge in [0.25, 0.3) is 11.2 Å². The largest absolute Gasteiger partial charge is 0.493 e. The molecule has 0 bridgehead atoms. The summed E-state index contributed by atoms with van der Waals surface area (Å²) in [5, 5.41) is 32.7. The van der Waals surface area contributed by atoms with Crippen molar-refractivity contribution in [1.82, 2.24) is 30.4 Å². The van der Waals surface area contributed by atoms with E-state index in [9.17, 15) is 14.9 Å². The summed E-state index contributed by atoms with van der Waals surface area (Å²) in [5.74, 6) is 1.25. The van der Waals surface area contributed by atoms with E-state index in [0.29, 0.717) is 33.9 Å². The average Bonchev–Trinajstić information content (AvgIpc) is 3.31. The summed E-state index contributed by atoms with van der Waals surface area (Å²) in [6, 6.07) is 10.6. The second-order valence-electron chi connectivity index (χ2n) is 7.09. The second-order valence-corrected chi connectivity index (χ2v) is 7.09. The van der Waals surface area contributed by atoms with Crippen LogP contribution in [0.15, 0.2) is 47.3 Å². The minimum atomic E-state index is -0.685. The summed E-state index contributed by atoms with van der Waals surface area (Å²) in [6.07, 6.45) is 0. The first-order valence-electron chi connectivity index (χ1n) is 9.66. The number of aromatic amines is 1. The quantitative estimate of drug-likeness (QED) is 0.300. The Balaban J connectivity index is 1.79. The molecule has 0 saturated carbocycles. The minimum absolute atomic E-state index is 0.108. The van der Waals surface area contributed by atoms with Crippen LogP contribution in [0.4, 0.5) is 17.3 Å². The van der Waals surface area contributed by atoms with Crippen molar-refractivity contribution in [3.63, 3.8) is 0 Å². The number of hydrogen-bond donors (Lipinski definition) is 2. The molecule has 0 spiro atoms. The van der Waals surface area contributed by atoms with Gasteiger partial charge in [0.05, 0.1) is 24.8 Å². The summed E-state index contributed by atoms with van der Waals surface area (Å²) in [5.41, 5.74) is 1.51. The highest BCUT2D eigenvalue weighted by Crippen LogP contribution is 2.43. The number of rotatable bonds is 5. The zero-order valence-electron chi connectivity index (χ0n) is 17.3. The maximum atomic E-state index is 12.7. The lowest BCUT2D eigenvalue weighted by Gasteiger charge is -2.28. The maximum absolute atomic E-state index is 12.7. The Kier molecular flexibility index (Phi) is 4.70. The van der Waals surface area contributed by atoms with Crippen molar-refractivity contribution in [2.24, 2.45) is 0 Å². The molecule has 1 aliphatic heterocycles. The topological polar surface area (TPSA) is 163 Å². The third-order valence-corrected chi connectivity index (χ3v) is 5.32. The molecule has 2 aromatic carbocycles. The van der Waals surface area contributed by atoms with Crippen LogP contribution in [0.1, 0.15) is 17.2 Å². The molecule has 33 heavy (non-hydrogen) atoms. The molecule has 13 heteroatoms. The Hall–Kier alpha value is -4.81. The lowest BCUT2D eigenvalue weighted by atomic mass is 9.92. The number of benzene rings is 2. The highest BCUT2D eigenvalue weighted by molar-refractivity contribution is 5.76. The molecule has 2 N–H and O–H groups in total. The van der Waals surface area contributed by atoms with Gasteiger partial charge in [-0.25, -0.2) is 5.10 Å². The number of nitro benzene ring substituents is 1. The van der Waals surface area contributed by atoms with Gasteiger partial charge in [-0.3, -0.25) is 14.9 Å². The molecule has 0 amide bonds. The molecule has 1 atom stereocenters. The molecule has 4 aromatic rings. The van der Waals surface area contributed by atoms with E-state index < -0.39 is 16.5 Å². The number of tetrazole rings is 1. The molecule has 1 aliphatic rings. The molecule has 0 aliphatic carbocycles. The van der Waals surface area contributed by atoms with Crippen molar-refractivity contribution in [3.8, 4) is 22.8 Å². The Labute approximate surface area is 185 Å². The van der Waals surface area contributed by atoms with Gasteiger partial charge in [0.1, 0.15) is 11.7 Å². The molecule has 0 fully saturated rings. The Morgan fingerprint density at radius 1 is 1.12 bits per heavy atom. The highest BCUT2D eigenvalue weighted by Gasteiger charge is 2.35. The predicted molar refractivity (Wildman–Crippen MR) is 115 cm³/mol. The highest BCUT2D eigenvalue weighted by atomic mass is 16.6.